The number of piperazine rings is 1. The summed E-state index contributed by atoms with van der Waals surface area (Å²) in [7, 11) is 0. The molecule has 206 valence electrons. The van der Waals surface area contributed by atoms with Crippen molar-refractivity contribution in [1.29, 1.82) is 0 Å². The smallest absolute Gasteiger partial charge is 0.265 e. The molecular formula is C24H31F2N7O3S2. The predicted octanol–water partition coefficient (Wildman–Crippen LogP) is 2.43. The third-order valence-electron chi connectivity index (χ3n) is 6.95. The van der Waals surface area contributed by atoms with Crippen molar-refractivity contribution in [2.75, 3.05) is 76.1 Å². The van der Waals surface area contributed by atoms with Gasteiger partial charge in [-0.15, -0.1) is 0 Å². The number of amides is 2. The molecule has 2 saturated heterocycles. The number of rotatable bonds is 8. The second-order valence-corrected chi connectivity index (χ2v) is 11.7. The standard InChI is InChI=1S/C24H31F2N7O3S2/c1-15-20-16(37-22(29-20)27-12-18(35)32-7-5-31(6-8-32)9-10-34)11-17-21(15)30-23(38-17)28-13-19(36)33-4-2-3-24(25,26)14-33/h11,34H,2-10,12-14H2,1H3,(H,27,29)(H,28,30). The fourth-order valence-corrected chi connectivity index (χ4v) is 6.84. The quantitative estimate of drug-likeness (QED) is 0.381. The molecule has 10 nitrogen and oxygen atoms in total. The first-order valence-electron chi connectivity index (χ1n) is 12.7. The SMILES string of the molecule is Cc1c2nc(NCC(=O)N3CCN(CCO)CC3)sc2cc2sc(NCC(=O)N3CCCC(F)(F)C3)nc12. The molecule has 0 unspecified atom stereocenters. The molecule has 3 aromatic rings. The Kier molecular flexibility index (Phi) is 7.93. The number of thiazole rings is 2. The number of halogens is 2. The summed E-state index contributed by atoms with van der Waals surface area (Å²) in [6.45, 7) is 5.41. The molecular weight excluding hydrogens is 536 g/mol. The van der Waals surface area contributed by atoms with Crippen molar-refractivity contribution in [2.45, 2.75) is 25.7 Å². The number of hydrogen-bond acceptors (Lipinski definition) is 10. The molecule has 3 N–H and O–H groups in total. The number of hydrogen-bond donors (Lipinski definition) is 3. The molecule has 0 saturated carbocycles. The number of aryl methyl sites for hydroxylation is 1. The molecule has 4 heterocycles. The molecule has 5 rings (SSSR count). The lowest BCUT2D eigenvalue weighted by atomic mass is 10.1. The zero-order valence-corrected chi connectivity index (χ0v) is 22.8. The zero-order valence-electron chi connectivity index (χ0n) is 21.1. The van der Waals surface area contributed by atoms with Crippen LogP contribution in [-0.4, -0.2) is 113 Å². The molecule has 2 aliphatic heterocycles. The Balaban J connectivity index is 1.19. The first-order chi connectivity index (χ1) is 18.2. The van der Waals surface area contributed by atoms with Gasteiger partial charge in [0, 0.05) is 51.3 Å². The van der Waals surface area contributed by atoms with Gasteiger partial charge in [0.1, 0.15) is 0 Å². The second kappa shape index (κ2) is 11.2. The van der Waals surface area contributed by atoms with Crippen LogP contribution in [0.4, 0.5) is 19.0 Å². The highest BCUT2D eigenvalue weighted by atomic mass is 32.1. The minimum Gasteiger partial charge on any atom is -0.395 e. The average molecular weight is 568 g/mol. The van der Waals surface area contributed by atoms with Crippen molar-refractivity contribution >= 4 is 65.2 Å². The number of anilines is 2. The monoisotopic (exact) mass is 567 g/mol. The number of carbonyl (C=O) groups excluding carboxylic acids is 2. The summed E-state index contributed by atoms with van der Waals surface area (Å²) < 4.78 is 29.2. The van der Waals surface area contributed by atoms with Gasteiger partial charge in [0.15, 0.2) is 10.3 Å². The summed E-state index contributed by atoms with van der Waals surface area (Å²) in [6, 6.07) is 2.00. The van der Waals surface area contributed by atoms with Gasteiger partial charge in [-0.1, -0.05) is 22.7 Å². The maximum atomic E-state index is 13.6. The average Bonchev–Trinajstić information content (AvgIpc) is 3.50. The summed E-state index contributed by atoms with van der Waals surface area (Å²) in [5.74, 6) is -3.16. The van der Waals surface area contributed by atoms with Gasteiger partial charge in [-0.25, -0.2) is 18.7 Å². The van der Waals surface area contributed by atoms with Gasteiger partial charge in [-0.3, -0.25) is 14.5 Å². The molecule has 0 spiro atoms. The number of aromatic nitrogens is 2. The zero-order chi connectivity index (χ0) is 26.9. The molecule has 2 fully saturated rings. The maximum absolute atomic E-state index is 13.6. The van der Waals surface area contributed by atoms with Crippen molar-refractivity contribution in [3.05, 3.63) is 11.6 Å². The number of β-amino-alcohol motifs (C(OH)–C–C–N with tert-alkyl or cyclic N) is 1. The summed E-state index contributed by atoms with van der Waals surface area (Å²) in [4.78, 5) is 39.6. The second-order valence-electron chi connectivity index (χ2n) is 9.66. The van der Waals surface area contributed by atoms with Crippen LogP contribution in [0.3, 0.4) is 0 Å². The summed E-state index contributed by atoms with van der Waals surface area (Å²) in [5, 5.41) is 16.4. The topological polar surface area (TPSA) is 114 Å². The van der Waals surface area contributed by atoms with E-state index in [4.69, 9.17) is 5.11 Å². The highest BCUT2D eigenvalue weighted by Crippen LogP contribution is 2.37. The molecule has 0 aliphatic carbocycles. The van der Waals surface area contributed by atoms with E-state index in [0.717, 1.165) is 39.1 Å². The van der Waals surface area contributed by atoms with E-state index in [9.17, 15) is 18.4 Å². The van der Waals surface area contributed by atoms with Crippen molar-refractivity contribution < 1.29 is 23.5 Å². The summed E-state index contributed by atoms with van der Waals surface area (Å²) in [6.07, 6.45) is 0.125. The lowest BCUT2D eigenvalue weighted by Crippen LogP contribution is -2.50. The Bertz CT molecular complexity index is 1320. The van der Waals surface area contributed by atoms with Crippen LogP contribution in [0.25, 0.3) is 20.4 Å². The first kappa shape index (κ1) is 26.9. The number of fused-ring (bicyclic) bond motifs is 2. The minimum absolute atomic E-state index is 0.0193. The van der Waals surface area contributed by atoms with E-state index >= 15 is 0 Å². The van der Waals surface area contributed by atoms with Gasteiger partial charge in [0.25, 0.3) is 5.92 Å². The highest BCUT2D eigenvalue weighted by Gasteiger charge is 2.36. The number of aliphatic hydroxyl groups excluding tert-OH is 1. The van der Waals surface area contributed by atoms with Crippen LogP contribution in [0.1, 0.15) is 18.4 Å². The van der Waals surface area contributed by atoms with Crippen molar-refractivity contribution in [3.8, 4) is 0 Å². The van der Waals surface area contributed by atoms with Gasteiger partial charge >= 0.3 is 0 Å². The van der Waals surface area contributed by atoms with Crippen LogP contribution < -0.4 is 10.6 Å². The van der Waals surface area contributed by atoms with E-state index in [2.05, 4.69) is 25.5 Å². The van der Waals surface area contributed by atoms with E-state index in [1.165, 1.54) is 27.6 Å². The van der Waals surface area contributed by atoms with E-state index < -0.39 is 12.5 Å². The summed E-state index contributed by atoms with van der Waals surface area (Å²) in [5.41, 5.74) is 2.48. The normalized spacial score (nSPS) is 18.3. The van der Waals surface area contributed by atoms with Crippen LogP contribution in [0.2, 0.25) is 0 Å². The predicted molar refractivity (Wildman–Crippen MR) is 145 cm³/mol. The fourth-order valence-electron chi connectivity index (χ4n) is 4.85. The van der Waals surface area contributed by atoms with Gasteiger partial charge in [-0.2, -0.15) is 0 Å². The Morgan fingerprint density at radius 3 is 2.11 bits per heavy atom. The van der Waals surface area contributed by atoms with Crippen LogP contribution >= 0.6 is 22.7 Å². The van der Waals surface area contributed by atoms with E-state index in [1.807, 2.05) is 17.9 Å². The van der Waals surface area contributed by atoms with Crippen molar-refractivity contribution in [1.82, 2.24) is 24.7 Å². The van der Waals surface area contributed by atoms with Crippen LogP contribution in [-0.2, 0) is 9.59 Å². The Hall–Kier alpha value is -2.68. The molecule has 14 heteroatoms. The lowest BCUT2D eigenvalue weighted by molar-refractivity contribution is -0.139. The molecule has 2 amide bonds. The van der Waals surface area contributed by atoms with Crippen molar-refractivity contribution in [2.24, 2.45) is 0 Å². The number of aliphatic hydroxyl groups is 1. The number of alkyl halides is 2. The van der Waals surface area contributed by atoms with Gasteiger partial charge in [-0.05, 0) is 19.4 Å². The molecule has 0 radical (unpaired) electrons. The number of nitrogens with one attached hydrogen (secondary N) is 2. The number of nitrogens with zero attached hydrogens (tertiary/aromatic N) is 5. The molecule has 38 heavy (non-hydrogen) atoms. The fraction of sp³-hybridized carbons (Fsp3) is 0.583. The van der Waals surface area contributed by atoms with E-state index in [-0.39, 0.29) is 37.9 Å². The first-order valence-corrected chi connectivity index (χ1v) is 14.3. The molecule has 2 aromatic heterocycles. The van der Waals surface area contributed by atoms with Crippen LogP contribution in [0.15, 0.2) is 6.07 Å². The number of benzene rings is 1. The Morgan fingerprint density at radius 2 is 1.55 bits per heavy atom. The minimum atomic E-state index is -2.82. The molecule has 0 bridgehead atoms. The third kappa shape index (κ3) is 5.98. The van der Waals surface area contributed by atoms with Gasteiger partial charge < -0.3 is 25.5 Å². The van der Waals surface area contributed by atoms with Crippen molar-refractivity contribution in [3.63, 3.8) is 0 Å². The summed E-state index contributed by atoms with van der Waals surface area (Å²) >= 11 is 2.87. The highest BCUT2D eigenvalue weighted by molar-refractivity contribution is 7.24. The van der Waals surface area contributed by atoms with Gasteiger partial charge in [0.2, 0.25) is 11.8 Å². The Morgan fingerprint density at radius 1 is 0.974 bits per heavy atom. The van der Waals surface area contributed by atoms with Crippen LogP contribution in [0.5, 0.6) is 0 Å². The van der Waals surface area contributed by atoms with Gasteiger partial charge in [0.05, 0.1) is 46.7 Å². The van der Waals surface area contributed by atoms with E-state index in [1.54, 1.807) is 0 Å². The largest absolute Gasteiger partial charge is 0.395 e. The molecule has 0 atom stereocenters. The van der Waals surface area contributed by atoms with E-state index in [0.29, 0.717) is 42.9 Å². The molecule has 2 aliphatic rings. The molecule has 1 aromatic carbocycles. The maximum Gasteiger partial charge on any atom is 0.265 e. The number of piperidine rings is 1. The lowest BCUT2D eigenvalue weighted by Gasteiger charge is -2.34. The number of likely N-dealkylation sites (tertiary alicyclic amines) is 1. The Labute approximate surface area is 226 Å². The number of carbonyl (C=O) groups is 2. The third-order valence-corrected chi connectivity index (χ3v) is 8.87. The van der Waals surface area contributed by atoms with Crippen LogP contribution in [0, 0.1) is 6.92 Å².